The number of hydrogen-bond acceptors (Lipinski definition) is 4. The molecular formula is C15H20N2OS. The summed E-state index contributed by atoms with van der Waals surface area (Å²) in [7, 11) is 1.66. The lowest BCUT2D eigenvalue weighted by Gasteiger charge is -2.17. The predicted molar refractivity (Wildman–Crippen MR) is 83.3 cm³/mol. The first-order valence-electron chi connectivity index (χ1n) is 6.34. The smallest absolute Gasteiger partial charge is 0.121 e. The third kappa shape index (κ3) is 3.64. The van der Waals surface area contributed by atoms with Gasteiger partial charge in [0.1, 0.15) is 5.75 Å². The SMILES string of the molecule is COc1ccc(N)c(NC(C)Cc2ccc(C)s2)c1. The van der Waals surface area contributed by atoms with E-state index < -0.39 is 0 Å². The van der Waals surface area contributed by atoms with Crippen LogP contribution in [0.1, 0.15) is 16.7 Å². The molecule has 0 radical (unpaired) electrons. The van der Waals surface area contributed by atoms with Gasteiger partial charge in [-0.25, -0.2) is 0 Å². The second-order valence-corrected chi connectivity index (χ2v) is 6.09. The van der Waals surface area contributed by atoms with Crippen LogP contribution in [0.5, 0.6) is 5.75 Å². The van der Waals surface area contributed by atoms with Crippen molar-refractivity contribution in [3.05, 3.63) is 40.1 Å². The second kappa shape index (κ2) is 5.97. The Hall–Kier alpha value is -1.68. The largest absolute Gasteiger partial charge is 0.497 e. The fourth-order valence-corrected chi connectivity index (χ4v) is 3.02. The van der Waals surface area contributed by atoms with E-state index in [9.17, 15) is 0 Å². The molecule has 1 unspecified atom stereocenters. The van der Waals surface area contributed by atoms with Gasteiger partial charge in [-0.2, -0.15) is 0 Å². The number of rotatable bonds is 5. The molecule has 0 saturated heterocycles. The zero-order valence-electron chi connectivity index (χ0n) is 11.6. The maximum atomic E-state index is 5.97. The number of anilines is 2. The summed E-state index contributed by atoms with van der Waals surface area (Å²) in [6.07, 6.45) is 0.995. The molecule has 3 N–H and O–H groups in total. The van der Waals surface area contributed by atoms with Crippen LogP contribution in [0.25, 0.3) is 0 Å². The third-order valence-electron chi connectivity index (χ3n) is 2.97. The molecule has 0 aliphatic rings. The van der Waals surface area contributed by atoms with E-state index in [-0.39, 0.29) is 0 Å². The van der Waals surface area contributed by atoms with Crippen molar-refractivity contribution in [1.29, 1.82) is 0 Å². The molecule has 19 heavy (non-hydrogen) atoms. The van der Waals surface area contributed by atoms with Crippen LogP contribution in [0.15, 0.2) is 30.3 Å². The van der Waals surface area contributed by atoms with Gasteiger partial charge >= 0.3 is 0 Å². The van der Waals surface area contributed by atoms with Gasteiger partial charge in [-0.05, 0) is 38.1 Å². The molecule has 4 heteroatoms. The van der Waals surface area contributed by atoms with Crippen molar-refractivity contribution in [2.45, 2.75) is 26.3 Å². The average Bonchev–Trinajstić information content (AvgIpc) is 2.77. The van der Waals surface area contributed by atoms with Crippen LogP contribution in [0, 0.1) is 6.92 Å². The van der Waals surface area contributed by atoms with E-state index >= 15 is 0 Å². The minimum absolute atomic E-state index is 0.326. The lowest BCUT2D eigenvalue weighted by Crippen LogP contribution is -2.18. The summed E-state index contributed by atoms with van der Waals surface area (Å²) in [4.78, 5) is 2.74. The first-order valence-corrected chi connectivity index (χ1v) is 7.15. The number of aryl methyl sites for hydroxylation is 1. The van der Waals surface area contributed by atoms with Crippen LogP contribution in [0.2, 0.25) is 0 Å². The van der Waals surface area contributed by atoms with Crippen molar-refractivity contribution in [3.8, 4) is 5.75 Å². The first-order chi connectivity index (χ1) is 9.08. The van der Waals surface area contributed by atoms with Gasteiger partial charge in [0.05, 0.1) is 18.5 Å². The second-order valence-electron chi connectivity index (χ2n) is 4.72. The Bertz CT molecular complexity index is 551. The number of nitrogen functional groups attached to an aromatic ring is 1. The molecule has 0 amide bonds. The molecule has 2 aromatic rings. The zero-order valence-corrected chi connectivity index (χ0v) is 12.4. The Morgan fingerprint density at radius 3 is 2.74 bits per heavy atom. The molecule has 0 bridgehead atoms. The summed E-state index contributed by atoms with van der Waals surface area (Å²) in [6, 6.07) is 10.3. The molecule has 1 atom stereocenters. The van der Waals surface area contributed by atoms with Crippen molar-refractivity contribution >= 4 is 22.7 Å². The molecule has 1 aromatic heterocycles. The van der Waals surface area contributed by atoms with Crippen LogP contribution in [0.3, 0.4) is 0 Å². The van der Waals surface area contributed by atoms with Crippen LogP contribution < -0.4 is 15.8 Å². The van der Waals surface area contributed by atoms with Crippen LogP contribution in [0.4, 0.5) is 11.4 Å². The fourth-order valence-electron chi connectivity index (χ4n) is 2.00. The van der Waals surface area contributed by atoms with Crippen LogP contribution >= 0.6 is 11.3 Å². The van der Waals surface area contributed by atoms with Gasteiger partial charge in [-0.1, -0.05) is 0 Å². The Labute approximate surface area is 118 Å². The van der Waals surface area contributed by atoms with Crippen LogP contribution in [-0.2, 0) is 6.42 Å². The van der Waals surface area contributed by atoms with E-state index in [2.05, 4.69) is 31.3 Å². The van der Waals surface area contributed by atoms with Crippen molar-refractivity contribution in [2.75, 3.05) is 18.2 Å². The van der Waals surface area contributed by atoms with Gasteiger partial charge in [-0.15, -0.1) is 11.3 Å². The summed E-state index contributed by atoms with van der Waals surface area (Å²) >= 11 is 1.84. The van der Waals surface area contributed by atoms with Crippen molar-refractivity contribution in [2.24, 2.45) is 0 Å². The highest BCUT2D eigenvalue weighted by molar-refractivity contribution is 7.11. The van der Waals surface area contributed by atoms with E-state index in [0.717, 1.165) is 23.5 Å². The Balaban J connectivity index is 2.03. The average molecular weight is 276 g/mol. The van der Waals surface area contributed by atoms with Gasteiger partial charge < -0.3 is 15.8 Å². The van der Waals surface area contributed by atoms with E-state index in [0.29, 0.717) is 6.04 Å². The van der Waals surface area contributed by atoms with Crippen molar-refractivity contribution < 1.29 is 4.74 Å². The van der Waals surface area contributed by atoms with Gasteiger partial charge in [0.15, 0.2) is 0 Å². The highest BCUT2D eigenvalue weighted by Gasteiger charge is 2.08. The minimum atomic E-state index is 0.326. The first kappa shape index (κ1) is 13.7. The summed E-state index contributed by atoms with van der Waals surface area (Å²) in [5.74, 6) is 0.816. The minimum Gasteiger partial charge on any atom is -0.497 e. The number of nitrogens with one attached hydrogen (secondary N) is 1. The van der Waals surface area contributed by atoms with Crippen molar-refractivity contribution in [3.63, 3.8) is 0 Å². The molecule has 0 fully saturated rings. The maximum absolute atomic E-state index is 5.97. The van der Waals surface area contributed by atoms with Gasteiger partial charge in [-0.3, -0.25) is 0 Å². The van der Waals surface area contributed by atoms with E-state index in [4.69, 9.17) is 10.5 Å². The van der Waals surface area contributed by atoms with E-state index in [1.807, 2.05) is 29.5 Å². The standard InChI is InChI=1S/C15H20N2OS/c1-10(8-13-6-4-11(2)19-13)17-15-9-12(18-3)5-7-14(15)16/h4-7,9-10,17H,8,16H2,1-3H3. The topological polar surface area (TPSA) is 47.3 Å². The lowest BCUT2D eigenvalue weighted by molar-refractivity contribution is 0.415. The molecule has 2 rings (SSSR count). The number of ether oxygens (including phenoxy) is 1. The predicted octanol–water partition coefficient (Wildman–Crippen LogP) is 3.69. The number of thiophene rings is 1. The Morgan fingerprint density at radius 1 is 1.32 bits per heavy atom. The molecule has 102 valence electrons. The zero-order chi connectivity index (χ0) is 13.8. The summed E-state index contributed by atoms with van der Waals surface area (Å²) in [5.41, 5.74) is 7.65. The summed E-state index contributed by atoms with van der Waals surface area (Å²) in [6.45, 7) is 4.29. The number of benzene rings is 1. The van der Waals surface area contributed by atoms with E-state index in [1.54, 1.807) is 7.11 Å². The normalized spacial score (nSPS) is 12.2. The summed E-state index contributed by atoms with van der Waals surface area (Å²) in [5, 5.41) is 3.44. The van der Waals surface area contributed by atoms with Gasteiger partial charge in [0.25, 0.3) is 0 Å². The van der Waals surface area contributed by atoms with Crippen LogP contribution in [-0.4, -0.2) is 13.2 Å². The molecule has 1 aromatic carbocycles. The number of hydrogen-bond donors (Lipinski definition) is 2. The molecule has 0 saturated carbocycles. The Morgan fingerprint density at radius 2 is 2.11 bits per heavy atom. The molecular weight excluding hydrogens is 256 g/mol. The number of nitrogens with two attached hydrogens (primary N) is 1. The van der Waals surface area contributed by atoms with Gasteiger partial charge in [0, 0.05) is 28.3 Å². The summed E-state index contributed by atoms with van der Waals surface area (Å²) < 4.78 is 5.22. The van der Waals surface area contributed by atoms with Crippen molar-refractivity contribution in [1.82, 2.24) is 0 Å². The highest BCUT2D eigenvalue weighted by Crippen LogP contribution is 2.26. The molecule has 1 heterocycles. The maximum Gasteiger partial charge on any atom is 0.121 e. The Kier molecular flexibility index (Phi) is 4.32. The highest BCUT2D eigenvalue weighted by atomic mass is 32.1. The lowest BCUT2D eigenvalue weighted by atomic mass is 10.1. The monoisotopic (exact) mass is 276 g/mol. The van der Waals surface area contributed by atoms with Gasteiger partial charge in [0.2, 0.25) is 0 Å². The molecule has 3 nitrogen and oxygen atoms in total. The molecule has 0 aliphatic carbocycles. The number of methoxy groups -OCH3 is 1. The fraction of sp³-hybridized carbons (Fsp3) is 0.333. The third-order valence-corrected chi connectivity index (χ3v) is 3.99. The molecule has 0 aliphatic heterocycles. The quantitative estimate of drug-likeness (QED) is 0.819. The molecule has 0 spiro atoms. The van der Waals surface area contributed by atoms with E-state index in [1.165, 1.54) is 9.75 Å².